The summed E-state index contributed by atoms with van der Waals surface area (Å²) in [4.78, 5) is 0. The predicted octanol–water partition coefficient (Wildman–Crippen LogP) is 3.06. The quantitative estimate of drug-likeness (QED) is 0.881. The highest BCUT2D eigenvalue weighted by molar-refractivity contribution is 5.68. The second-order valence-electron chi connectivity index (χ2n) is 4.44. The summed E-state index contributed by atoms with van der Waals surface area (Å²) in [5, 5.41) is 7.38. The zero-order chi connectivity index (χ0) is 14.5. The van der Waals surface area contributed by atoms with Crippen LogP contribution in [0.15, 0.2) is 18.2 Å². The SMILES string of the molecule is CCCc1cc(-c2cc(OC)c(OC)c(OC)c2)n[nH]1. The summed E-state index contributed by atoms with van der Waals surface area (Å²) in [5.41, 5.74) is 2.92. The lowest BCUT2D eigenvalue weighted by atomic mass is 10.1. The first-order valence-electron chi connectivity index (χ1n) is 6.58. The number of methoxy groups -OCH3 is 3. The molecule has 0 amide bonds. The number of benzene rings is 1. The van der Waals surface area contributed by atoms with Gasteiger partial charge in [0, 0.05) is 11.3 Å². The topological polar surface area (TPSA) is 56.4 Å². The van der Waals surface area contributed by atoms with Gasteiger partial charge in [-0.05, 0) is 24.6 Å². The van der Waals surface area contributed by atoms with Crippen molar-refractivity contribution in [3.8, 4) is 28.5 Å². The highest BCUT2D eigenvalue weighted by atomic mass is 16.5. The standard InChI is InChI=1S/C15H20N2O3/c1-5-6-11-9-12(17-16-11)10-7-13(18-2)15(20-4)14(8-10)19-3/h7-9H,5-6H2,1-4H3,(H,16,17). The average molecular weight is 276 g/mol. The summed E-state index contributed by atoms with van der Waals surface area (Å²) in [6.45, 7) is 2.14. The van der Waals surface area contributed by atoms with Crippen molar-refractivity contribution in [2.75, 3.05) is 21.3 Å². The van der Waals surface area contributed by atoms with E-state index in [-0.39, 0.29) is 0 Å². The van der Waals surface area contributed by atoms with Crippen molar-refractivity contribution in [2.45, 2.75) is 19.8 Å². The van der Waals surface area contributed by atoms with Crippen LogP contribution >= 0.6 is 0 Å². The number of aromatic nitrogens is 2. The number of hydrogen-bond acceptors (Lipinski definition) is 4. The van der Waals surface area contributed by atoms with Gasteiger partial charge in [0.25, 0.3) is 0 Å². The van der Waals surface area contributed by atoms with Crippen LogP contribution in [0.1, 0.15) is 19.0 Å². The molecular weight excluding hydrogens is 256 g/mol. The Hall–Kier alpha value is -2.17. The fourth-order valence-corrected chi connectivity index (χ4v) is 2.14. The summed E-state index contributed by atoms with van der Waals surface area (Å²) in [7, 11) is 4.80. The van der Waals surface area contributed by atoms with Crippen molar-refractivity contribution < 1.29 is 14.2 Å². The maximum atomic E-state index is 5.35. The van der Waals surface area contributed by atoms with Gasteiger partial charge in [-0.3, -0.25) is 5.10 Å². The van der Waals surface area contributed by atoms with Gasteiger partial charge in [-0.15, -0.1) is 0 Å². The lowest BCUT2D eigenvalue weighted by Gasteiger charge is -2.13. The molecule has 2 rings (SSSR count). The van der Waals surface area contributed by atoms with Gasteiger partial charge < -0.3 is 14.2 Å². The van der Waals surface area contributed by atoms with Crippen LogP contribution in [0.2, 0.25) is 0 Å². The summed E-state index contributed by atoms with van der Waals surface area (Å²) < 4.78 is 16.0. The third-order valence-corrected chi connectivity index (χ3v) is 3.11. The summed E-state index contributed by atoms with van der Waals surface area (Å²) >= 11 is 0. The normalized spacial score (nSPS) is 10.4. The van der Waals surface area contributed by atoms with Crippen molar-refractivity contribution in [1.82, 2.24) is 10.2 Å². The molecule has 1 aromatic carbocycles. The Labute approximate surface area is 118 Å². The van der Waals surface area contributed by atoms with Crippen LogP contribution in [0.4, 0.5) is 0 Å². The molecule has 0 aliphatic carbocycles. The first-order valence-corrected chi connectivity index (χ1v) is 6.58. The molecule has 0 fully saturated rings. The summed E-state index contributed by atoms with van der Waals surface area (Å²) in [5.74, 6) is 1.84. The molecule has 1 N–H and O–H groups in total. The zero-order valence-electron chi connectivity index (χ0n) is 12.3. The Morgan fingerprint density at radius 2 is 1.65 bits per heavy atom. The van der Waals surface area contributed by atoms with Crippen molar-refractivity contribution in [3.05, 3.63) is 23.9 Å². The summed E-state index contributed by atoms with van der Waals surface area (Å²) in [6, 6.07) is 5.84. The monoisotopic (exact) mass is 276 g/mol. The average Bonchev–Trinajstić information content (AvgIpc) is 2.94. The molecular formula is C15H20N2O3. The van der Waals surface area contributed by atoms with Crippen LogP contribution in [0, 0.1) is 0 Å². The Morgan fingerprint density at radius 3 is 2.15 bits per heavy atom. The van der Waals surface area contributed by atoms with E-state index in [4.69, 9.17) is 14.2 Å². The molecule has 2 aromatic rings. The molecule has 0 atom stereocenters. The van der Waals surface area contributed by atoms with Gasteiger partial charge in [0.05, 0.1) is 27.0 Å². The van der Waals surface area contributed by atoms with Gasteiger partial charge in [0.1, 0.15) is 0 Å². The second-order valence-corrected chi connectivity index (χ2v) is 4.44. The second kappa shape index (κ2) is 6.32. The zero-order valence-corrected chi connectivity index (χ0v) is 12.3. The number of nitrogens with one attached hydrogen (secondary N) is 1. The van der Waals surface area contributed by atoms with Crippen LogP contribution in [-0.4, -0.2) is 31.5 Å². The van der Waals surface area contributed by atoms with Gasteiger partial charge in [-0.1, -0.05) is 13.3 Å². The fourth-order valence-electron chi connectivity index (χ4n) is 2.14. The Kier molecular flexibility index (Phi) is 4.50. The van der Waals surface area contributed by atoms with E-state index in [1.165, 1.54) is 0 Å². The van der Waals surface area contributed by atoms with E-state index in [9.17, 15) is 0 Å². The van der Waals surface area contributed by atoms with Crippen LogP contribution in [0.25, 0.3) is 11.3 Å². The van der Waals surface area contributed by atoms with Crippen LogP contribution in [0.3, 0.4) is 0 Å². The van der Waals surface area contributed by atoms with Crippen LogP contribution in [0.5, 0.6) is 17.2 Å². The lowest BCUT2D eigenvalue weighted by Crippen LogP contribution is -1.95. The molecule has 0 aliphatic rings. The fraction of sp³-hybridized carbons (Fsp3) is 0.400. The lowest BCUT2D eigenvalue weighted by molar-refractivity contribution is 0.324. The van der Waals surface area contributed by atoms with Gasteiger partial charge in [0.15, 0.2) is 11.5 Å². The highest BCUT2D eigenvalue weighted by Gasteiger charge is 2.15. The van der Waals surface area contributed by atoms with Crippen molar-refractivity contribution in [2.24, 2.45) is 0 Å². The minimum Gasteiger partial charge on any atom is -0.493 e. The highest BCUT2D eigenvalue weighted by Crippen LogP contribution is 2.40. The molecule has 20 heavy (non-hydrogen) atoms. The molecule has 0 bridgehead atoms. The first-order chi connectivity index (χ1) is 9.73. The molecule has 1 aromatic heterocycles. The molecule has 0 unspecified atom stereocenters. The molecule has 5 heteroatoms. The van der Waals surface area contributed by atoms with Crippen molar-refractivity contribution in [3.63, 3.8) is 0 Å². The Morgan fingerprint density at radius 1 is 1.00 bits per heavy atom. The smallest absolute Gasteiger partial charge is 0.203 e. The molecule has 0 spiro atoms. The van der Waals surface area contributed by atoms with Gasteiger partial charge in [0.2, 0.25) is 5.75 Å². The van der Waals surface area contributed by atoms with E-state index >= 15 is 0 Å². The molecule has 108 valence electrons. The minimum absolute atomic E-state index is 0.586. The van der Waals surface area contributed by atoms with Gasteiger partial charge >= 0.3 is 0 Å². The Bertz CT molecular complexity index is 553. The van der Waals surface area contributed by atoms with Crippen molar-refractivity contribution >= 4 is 0 Å². The third-order valence-electron chi connectivity index (χ3n) is 3.11. The Balaban J connectivity index is 2.45. The molecule has 0 radical (unpaired) electrons. The van der Waals surface area contributed by atoms with E-state index in [0.717, 1.165) is 29.8 Å². The van der Waals surface area contributed by atoms with Crippen molar-refractivity contribution in [1.29, 1.82) is 0 Å². The molecule has 1 heterocycles. The largest absolute Gasteiger partial charge is 0.493 e. The maximum absolute atomic E-state index is 5.35. The third kappa shape index (κ3) is 2.71. The maximum Gasteiger partial charge on any atom is 0.203 e. The molecule has 0 saturated carbocycles. The van der Waals surface area contributed by atoms with E-state index in [2.05, 4.69) is 17.1 Å². The number of ether oxygens (including phenoxy) is 3. The van der Waals surface area contributed by atoms with Gasteiger partial charge in [-0.2, -0.15) is 5.10 Å². The number of H-pyrrole nitrogens is 1. The molecule has 0 aliphatic heterocycles. The van der Waals surface area contributed by atoms with E-state index in [1.54, 1.807) is 21.3 Å². The van der Waals surface area contributed by atoms with Crippen LogP contribution in [-0.2, 0) is 6.42 Å². The minimum atomic E-state index is 0.586. The number of hydrogen-bond donors (Lipinski definition) is 1. The predicted molar refractivity (Wildman–Crippen MR) is 77.7 cm³/mol. The number of aromatic amines is 1. The number of rotatable bonds is 6. The molecule has 5 nitrogen and oxygen atoms in total. The number of aryl methyl sites for hydroxylation is 1. The van der Waals surface area contributed by atoms with Gasteiger partial charge in [-0.25, -0.2) is 0 Å². The van der Waals surface area contributed by atoms with Crippen LogP contribution < -0.4 is 14.2 Å². The van der Waals surface area contributed by atoms with E-state index in [0.29, 0.717) is 17.2 Å². The summed E-state index contributed by atoms with van der Waals surface area (Å²) in [6.07, 6.45) is 2.06. The first kappa shape index (κ1) is 14.2. The number of nitrogens with zero attached hydrogens (tertiary/aromatic N) is 1. The van der Waals surface area contributed by atoms with E-state index < -0.39 is 0 Å². The van der Waals surface area contributed by atoms with E-state index in [1.807, 2.05) is 18.2 Å². The molecule has 0 saturated heterocycles.